The number of hydrogen-bond donors (Lipinski definition) is 1. The van der Waals surface area contributed by atoms with Gasteiger partial charge in [0, 0.05) is 12.4 Å². The Balaban J connectivity index is 2.27. The van der Waals surface area contributed by atoms with E-state index in [0.717, 1.165) is 0 Å². The molecular weight excluding hydrogens is 216 g/mol. The summed E-state index contributed by atoms with van der Waals surface area (Å²) in [5.74, 6) is 0.500. The zero-order valence-corrected chi connectivity index (χ0v) is 8.77. The average molecular weight is 225 g/mol. The van der Waals surface area contributed by atoms with Gasteiger partial charge in [-0.05, 0) is 12.1 Å². The summed E-state index contributed by atoms with van der Waals surface area (Å²) < 4.78 is 6.63. The third-order valence-electron chi connectivity index (χ3n) is 1.74. The van der Waals surface area contributed by atoms with Crippen LogP contribution in [0.25, 0.3) is 0 Å². The van der Waals surface area contributed by atoms with Crippen molar-refractivity contribution in [3.63, 3.8) is 0 Å². The summed E-state index contributed by atoms with van der Waals surface area (Å²) in [6, 6.07) is 4.05. The maximum absolute atomic E-state index is 5.91. The van der Waals surface area contributed by atoms with Gasteiger partial charge in [-0.3, -0.25) is 10.1 Å². The molecule has 0 amide bonds. The Morgan fingerprint density at radius 1 is 1.40 bits per heavy atom. The highest BCUT2D eigenvalue weighted by molar-refractivity contribution is 6.32. The molecule has 0 spiro atoms. The predicted molar refractivity (Wildman–Crippen MR) is 57.0 cm³/mol. The van der Waals surface area contributed by atoms with Gasteiger partial charge in [0.1, 0.15) is 5.02 Å². The number of ether oxygens (including phenoxy) is 1. The van der Waals surface area contributed by atoms with Gasteiger partial charge in [-0.2, -0.15) is 4.98 Å². The monoisotopic (exact) mass is 224 g/mol. The summed E-state index contributed by atoms with van der Waals surface area (Å²) in [6.45, 7) is 0. The summed E-state index contributed by atoms with van der Waals surface area (Å²) in [5, 5.41) is 0.435. The fourth-order valence-electron chi connectivity index (χ4n) is 1.06. The van der Waals surface area contributed by atoms with Crippen molar-refractivity contribution in [3.05, 3.63) is 35.7 Å². The molecule has 5 nitrogen and oxygen atoms in total. The lowest BCUT2D eigenvalue weighted by Crippen LogP contribution is -2.08. The van der Waals surface area contributed by atoms with E-state index < -0.39 is 0 Å². The van der Waals surface area contributed by atoms with Crippen LogP contribution >= 0.6 is 11.6 Å². The van der Waals surface area contributed by atoms with Crippen molar-refractivity contribution in [2.24, 2.45) is 0 Å². The lowest BCUT2D eigenvalue weighted by Gasteiger charge is -2.08. The molecule has 0 fully saturated rings. The molecule has 0 aliphatic carbocycles. The summed E-state index contributed by atoms with van der Waals surface area (Å²) >= 11 is 5.91. The molecule has 15 heavy (non-hydrogen) atoms. The van der Waals surface area contributed by atoms with Crippen molar-refractivity contribution in [2.45, 2.75) is 0 Å². The summed E-state index contributed by atoms with van der Waals surface area (Å²) in [4.78, 5) is 7.94. The molecule has 1 N–H and O–H groups in total. The van der Waals surface area contributed by atoms with Gasteiger partial charge in [0.2, 0.25) is 0 Å². The zero-order chi connectivity index (χ0) is 10.7. The maximum atomic E-state index is 5.91. The van der Waals surface area contributed by atoms with Gasteiger partial charge in [0.15, 0.2) is 5.82 Å². The van der Waals surface area contributed by atoms with Crippen LogP contribution in [-0.4, -0.2) is 21.8 Å². The van der Waals surface area contributed by atoms with Gasteiger partial charge in [0.05, 0.1) is 13.3 Å². The Hall–Kier alpha value is -1.75. The van der Waals surface area contributed by atoms with Crippen LogP contribution in [0.3, 0.4) is 0 Å². The topological polar surface area (TPSA) is 52.0 Å². The molecule has 0 radical (unpaired) electrons. The molecular formula is C9H9ClN4O. The number of halogens is 1. The van der Waals surface area contributed by atoms with Crippen LogP contribution in [0.15, 0.2) is 30.7 Å². The van der Waals surface area contributed by atoms with Crippen LogP contribution in [-0.2, 0) is 0 Å². The molecule has 6 heteroatoms. The first-order chi connectivity index (χ1) is 7.29. The lowest BCUT2D eigenvalue weighted by molar-refractivity contribution is 0.380. The quantitative estimate of drug-likeness (QED) is 0.864. The van der Waals surface area contributed by atoms with Gasteiger partial charge in [0.25, 0.3) is 0 Å². The fraction of sp³-hybridized carbons (Fsp3) is 0.111. The molecule has 0 aliphatic heterocycles. The molecule has 0 aromatic carbocycles. The number of aromatic nitrogens is 3. The molecule has 0 aliphatic rings. The van der Waals surface area contributed by atoms with Crippen LogP contribution in [0.4, 0.5) is 5.82 Å². The van der Waals surface area contributed by atoms with Gasteiger partial charge >= 0.3 is 6.01 Å². The lowest BCUT2D eigenvalue weighted by atomic mass is 10.6. The standard InChI is InChI=1S/C9H9ClN4O/c1-15-9-11-6-7(10)8(12-9)13-14-4-2-3-5-14/h2-6H,1H3,(H,11,12,13). The number of anilines is 1. The first kappa shape index (κ1) is 9.79. The number of hydrogen-bond acceptors (Lipinski definition) is 4. The van der Waals surface area contributed by atoms with Crippen LogP contribution in [0, 0.1) is 0 Å². The zero-order valence-electron chi connectivity index (χ0n) is 8.01. The largest absolute Gasteiger partial charge is 0.467 e. The predicted octanol–water partition coefficient (Wildman–Crippen LogP) is 1.82. The number of methoxy groups -OCH3 is 1. The van der Waals surface area contributed by atoms with E-state index in [4.69, 9.17) is 16.3 Å². The van der Waals surface area contributed by atoms with Gasteiger partial charge in [-0.25, -0.2) is 4.98 Å². The third kappa shape index (κ3) is 2.19. The summed E-state index contributed by atoms with van der Waals surface area (Å²) in [7, 11) is 1.50. The first-order valence-corrected chi connectivity index (χ1v) is 4.64. The molecule has 2 rings (SSSR count). The Bertz CT molecular complexity index is 443. The van der Waals surface area contributed by atoms with Crippen LogP contribution in [0.1, 0.15) is 0 Å². The second-order valence-corrected chi connectivity index (χ2v) is 3.16. The minimum absolute atomic E-state index is 0.272. The van der Waals surface area contributed by atoms with Crippen molar-refractivity contribution in [1.29, 1.82) is 0 Å². The molecule has 0 saturated carbocycles. The fourth-order valence-corrected chi connectivity index (χ4v) is 1.19. The maximum Gasteiger partial charge on any atom is 0.318 e. The average Bonchev–Trinajstić information content (AvgIpc) is 2.74. The molecule has 0 unspecified atom stereocenters. The Kier molecular flexibility index (Phi) is 2.73. The normalized spacial score (nSPS) is 10.0. The highest BCUT2D eigenvalue weighted by Gasteiger charge is 2.04. The second-order valence-electron chi connectivity index (χ2n) is 2.76. The van der Waals surface area contributed by atoms with Crippen molar-refractivity contribution in [2.75, 3.05) is 12.5 Å². The van der Waals surface area contributed by atoms with E-state index in [2.05, 4.69) is 15.4 Å². The SMILES string of the molecule is COc1ncc(Cl)c(Nn2cccc2)n1. The molecule has 78 valence electrons. The van der Waals surface area contributed by atoms with Gasteiger partial charge < -0.3 is 4.74 Å². The van der Waals surface area contributed by atoms with E-state index in [-0.39, 0.29) is 6.01 Å². The number of nitrogens with zero attached hydrogens (tertiary/aromatic N) is 3. The minimum Gasteiger partial charge on any atom is -0.467 e. The van der Waals surface area contributed by atoms with Crippen molar-refractivity contribution in [1.82, 2.24) is 14.6 Å². The molecule has 2 heterocycles. The molecule has 0 saturated heterocycles. The second kappa shape index (κ2) is 4.18. The Labute approximate surface area is 91.6 Å². The van der Waals surface area contributed by atoms with E-state index in [1.54, 1.807) is 4.68 Å². The van der Waals surface area contributed by atoms with Crippen molar-refractivity contribution >= 4 is 17.4 Å². The number of rotatable bonds is 3. The van der Waals surface area contributed by atoms with E-state index in [1.807, 2.05) is 24.5 Å². The smallest absolute Gasteiger partial charge is 0.318 e. The van der Waals surface area contributed by atoms with E-state index >= 15 is 0 Å². The third-order valence-corrected chi connectivity index (χ3v) is 2.02. The van der Waals surface area contributed by atoms with Crippen LogP contribution < -0.4 is 10.2 Å². The molecule has 0 bridgehead atoms. The highest BCUT2D eigenvalue weighted by atomic mass is 35.5. The van der Waals surface area contributed by atoms with Crippen molar-refractivity contribution < 1.29 is 4.74 Å². The summed E-state index contributed by atoms with van der Waals surface area (Å²) in [5.41, 5.74) is 2.98. The summed E-state index contributed by atoms with van der Waals surface area (Å²) in [6.07, 6.45) is 5.16. The molecule has 2 aromatic heterocycles. The van der Waals surface area contributed by atoms with E-state index in [1.165, 1.54) is 13.3 Å². The van der Waals surface area contributed by atoms with Crippen LogP contribution in [0.5, 0.6) is 6.01 Å². The van der Waals surface area contributed by atoms with Gasteiger partial charge in [-0.15, -0.1) is 0 Å². The first-order valence-electron chi connectivity index (χ1n) is 4.26. The minimum atomic E-state index is 0.272. The van der Waals surface area contributed by atoms with E-state index in [0.29, 0.717) is 10.8 Å². The van der Waals surface area contributed by atoms with Gasteiger partial charge in [-0.1, -0.05) is 11.6 Å². The molecule has 2 aromatic rings. The van der Waals surface area contributed by atoms with E-state index in [9.17, 15) is 0 Å². The van der Waals surface area contributed by atoms with Crippen molar-refractivity contribution in [3.8, 4) is 6.01 Å². The Morgan fingerprint density at radius 2 is 2.13 bits per heavy atom. The van der Waals surface area contributed by atoms with Crippen LogP contribution in [0.2, 0.25) is 5.02 Å². The highest BCUT2D eigenvalue weighted by Crippen LogP contribution is 2.19. The molecule has 0 atom stereocenters. The number of nitrogens with one attached hydrogen (secondary N) is 1. The Morgan fingerprint density at radius 3 is 2.80 bits per heavy atom.